The van der Waals surface area contributed by atoms with Gasteiger partial charge in [0.1, 0.15) is 0 Å². The topological polar surface area (TPSA) is 62.7 Å². The maximum atomic E-state index is 12.6. The molecule has 1 aromatic rings. The van der Waals surface area contributed by atoms with Crippen molar-refractivity contribution in [3.63, 3.8) is 0 Å². The molecule has 2 amide bonds. The normalized spacial score (nSPS) is 25.3. The van der Waals surface area contributed by atoms with Gasteiger partial charge in [0.05, 0.1) is 24.8 Å². The van der Waals surface area contributed by atoms with Gasteiger partial charge in [-0.1, -0.05) is 6.07 Å². The van der Waals surface area contributed by atoms with E-state index in [0.29, 0.717) is 26.2 Å². The molecular formula is C20H27N3O3. The third-order valence-electron chi connectivity index (χ3n) is 6.23. The average molecular weight is 357 g/mol. The number of carbonyl (C=O) groups is 2. The van der Waals surface area contributed by atoms with Crippen LogP contribution in [0.15, 0.2) is 18.2 Å². The Morgan fingerprint density at radius 1 is 1.31 bits per heavy atom. The summed E-state index contributed by atoms with van der Waals surface area (Å²) >= 11 is 0. The number of aromatic nitrogens is 1. The van der Waals surface area contributed by atoms with Gasteiger partial charge in [0.15, 0.2) is 0 Å². The number of likely N-dealkylation sites (tertiary alicyclic amines) is 2. The predicted molar refractivity (Wildman–Crippen MR) is 96.2 cm³/mol. The highest BCUT2D eigenvalue weighted by atomic mass is 16.5. The van der Waals surface area contributed by atoms with E-state index in [1.165, 1.54) is 0 Å². The fraction of sp³-hybridized carbons (Fsp3) is 0.650. The van der Waals surface area contributed by atoms with Crippen molar-refractivity contribution in [2.24, 2.45) is 5.92 Å². The van der Waals surface area contributed by atoms with E-state index < -0.39 is 0 Å². The van der Waals surface area contributed by atoms with E-state index in [9.17, 15) is 9.59 Å². The second kappa shape index (κ2) is 6.99. The fourth-order valence-corrected chi connectivity index (χ4v) is 4.63. The number of hydrogen-bond donors (Lipinski definition) is 0. The molecular weight excluding hydrogens is 330 g/mol. The molecule has 0 unspecified atom stereocenters. The molecule has 0 bridgehead atoms. The summed E-state index contributed by atoms with van der Waals surface area (Å²) in [5.74, 6) is 0.479. The van der Waals surface area contributed by atoms with Crippen molar-refractivity contribution in [3.05, 3.63) is 29.6 Å². The summed E-state index contributed by atoms with van der Waals surface area (Å²) < 4.78 is 5.36. The van der Waals surface area contributed by atoms with Crippen LogP contribution in [-0.2, 0) is 20.9 Å². The molecule has 3 aliphatic rings. The van der Waals surface area contributed by atoms with Gasteiger partial charge in [-0.15, -0.1) is 0 Å². The van der Waals surface area contributed by atoms with Crippen LogP contribution in [0.2, 0.25) is 0 Å². The molecule has 3 aliphatic heterocycles. The lowest BCUT2D eigenvalue weighted by Crippen LogP contribution is -2.54. The molecule has 1 atom stereocenters. The lowest BCUT2D eigenvalue weighted by molar-refractivity contribution is -0.140. The van der Waals surface area contributed by atoms with E-state index in [1.807, 2.05) is 34.9 Å². The Morgan fingerprint density at radius 2 is 2.12 bits per heavy atom. The third kappa shape index (κ3) is 3.22. The first-order chi connectivity index (χ1) is 12.6. The van der Waals surface area contributed by atoms with Crippen molar-refractivity contribution in [3.8, 4) is 0 Å². The Labute approximate surface area is 154 Å². The molecule has 0 saturated carbocycles. The van der Waals surface area contributed by atoms with Gasteiger partial charge in [-0.05, 0) is 44.7 Å². The molecule has 4 rings (SSSR count). The second-order valence-corrected chi connectivity index (χ2v) is 7.86. The number of carbonyl (C=O) groups excluding carboxylic acids is 2. The van der Waals surface area contributed by atoms with E-state index in [4.69, 9.17) is 4.74 Å². The number of amides is 2. The molecule has 1 spiro atoms. The van der Waals surface area contributed by atoms with Gasteiger partial charge >= 0.3 is 0 Å². The summed E-state index contributed by atoms with van der Waals surface area (Å²) in [6, 6.07) is 5.96. The van der Waals surface area contributed by atoms with E-state index >= 15 is 0 Å². The van der Waals surface area contributed by atoms with Gasteiger partial charge in [0.25, 0.3) is 0 Å². The molecule has 3 fully saturated rings. The fourth-order valence-electron chi connectivity index (χ4n) is 4.63. The highest BCUT2D eigenvalue weighted by Gasteiger charge is 2.47. The van der Waals surface area contributed by atoms with Gasteiger partial charge in [-0.2, -0.15) is 0 Å². The Hall–Kier alpha value is -1.95. The number of rotatable bonds is 3. The largest absolute Gasteiger partial charge is 0.381 e. The zero-order valence-electron chi connectivity index (χ0n) is 15.4. The van der Waals surface area contributed by atoms with Crippen LogP contribution in [0.3, 0.4) is 0 Å². The highest BCUT2D eigenvalue weighted by Crippen LogP contribution is 2.40. The minimum atomic E-state index is -0.106. The maximum Gasteiger partial charge on any atom is 0.228 e. The Bertz CT molecular complexity index is 691. The first-order valence-corrected chi connectivity index (χ1v) is 9.67. The van der Waals surface area contributed by atoms with Crippen LogP contribution in [0.25, 0.3) is 0 Å². The van der Waals surface area contributed by atoms with Gasteiger partial charge in [0, 0.05) is 37.4 Å². The van der Waals surface area contributed by atoms with Gasteiger partial charge in [-0.25, -0.2) is 0 Å². The van der Waals surface area contributed by atoms with Crippen LogP contribution in [0.1, 0.15) is 43.5 Å². The minimum Gasteiger partial charge on any atom is -0.381 e. The van der Waals surface area contributed by atoms with Crippen LogP contribution in [0.5, 0.6) is 0 Å². The molecule has 6 nitrogen and oxygen atoms in total. The van der Waals surface area contributed by atoms with Crippen molar-refractivity contribution >= 4 is 11.8 Å². The summed E-state index contributed by atoms with van der Waals surface area (Å²) in [7, 11) is 0. The Balaban J connectivity index is 1.44. The van der Waals surface area contributed by atoms with Crippen molar-refractivity contribution < 1.29 is 14.3 Å². The lowest BCUT2D eigenvalue weighted by Gasteiger charge is -2.45. The minimum absolute atomic E-state index is 0.0295. The molecule has 4 heterocycles. The molecule has 140 valence electrons. The maximum absolute atomic E-state index is 12.6. The van der Waals surface area contributed by atoms with Crippen molar-refractivity contribution in [2.75, 3.05) is 26.3 Å². The second-order valence-electron chi connectivity index (χ2n) is 7.86. The van der Waals surface area contributed by atoms with E-state index in [-0.39, 0.29) is 23.3 Å². The van der Waals surface area contributed by atoms with Gasteiger partial charge < -0.3 is 14.5 Å². The van der Waals surface area contributed by atoms with Crippen molar-refractivity contribution in [1.29, 1.82) is 0 Å². The number of pyridine rings is 1. The van der Waals surface area contributed by atoms with E-state index in [0.717, 1.165) is 50.2 Å². The Kier molecular flexibility index (Phi) is 4.69. The van der Waals surface area contributed by atoms with E-state index in [1.54, 1.807) is 0 Å². The summed E-state index contributed by atoms with van der Waals surface area (Å²) in [6.07, 6.45) is 4.07. The number of nitrogens with zero attached hydrogens (tertiary/aromatic N) is 3. The molecule has 3 saturated heterocycles. The number of ether oxygens (including phenoxy) is 1. The highest BCUT2D eigenvalue weighted by molar-refractivity contribution is 5.81. The van der Waals surface area contributed by atoms with Gasteiger partial charge in [0.2, 0.25) is 11.8 Å². The SMILES string of the molecule is Cc1cccc(CN2C(=O)CCC23CCN(C(=O)[C@H]2CCOC2)CC3)n1. The van der Waals surface area contributed by atoms with Crippen LogP contribution in [0, 0.1) is 12.8 Å². The van der Waals surface area contributed by atoms with Gasteiger partial charge in [-0.3, -0.25) is 14.6 Å². The molecule has 0 aliphatic carbocycles. The van der Waals surface area contributed by atoms with Crippen LogP contribution < -0.4 is 0 Å². The molecule has 26 heavy (non-hydrogen) atoms. The molecule has 0 radical (unpaired) electrons. The molecule has 0 N–H and O–H groups in total. The van der Waals surface area contributed by atoms with Crippen LogP contribution in [-0.4, -0.2) is 58.4 Å². The lowest BCUT2D eigenvalue weighted by atomic mass is 9.84. The zero-order valence-corrected chi connectivity index (χ0v) is 15.4. The summed E-state index contributed by atoms with van der Waals surface area (Å²) in [6.45, 7) is 5.28. The molecule has 0 aromatic carbocycles. The van der Waals surface area contributed by atoms with Crippen molar-refractivity contribution in [1.82, 2.24) is 14.8 Å². The van der Waals surface area contributed by atoms with Crippen molar-refractivity contribution in [2.45, 2.75) is 51.1 Å². The first-order valence-electron chi connectivity index (χ1n) is 9.67. The van der Waals surface area contributed by atoms with E-state index in [2.05, 4.69) is 4.98 Å². The standard InChI is InChI=1S/C20H27N3O3/c1-15-3-2-4-17(21-15)13-23-18(24)5-7-20(23)8-10-22(11-9-20)19(25)16-6-12-26-14-16/h2-4,16H,5-14H2,1H3/t16-/m0/s1. The molecule has 6 heteroatoms. The number of hydrogen-bond acceptors (Lipinski definition) is 4. The summed E-state index contributed by atoms with van der Waals surface area (Å²) in [4.78, 5) is 33.8. The monoisotopic (exact) mass is 357 g/mol. The average Bonchev–Trinajstić information content (AvgIpc) is 3.27. The first kappa shape index (κ1) is 17.5. The third-order valence-corrected chi connectivity index (χ3v) is 6.23. The molecule has 1 aromatic heterocycles. The number of aryl methyl sites for hydroxylation is 1. The predicted octanol–water partition coefficient (Wildman–Crippen LogP) is 1.91. The summed E-state index contributed by atoms with van der Waals surface area (Å²) in [5, 5.41) is 0. The quantitative estimate of drug-likeness (QED) is 0.829. The smallest absolute Gasteiger partial charge is 0.228 e. The zero-order chi connectivity index (χ0) is 18.1. The Morgan fingerprint density at radius 3 is 2.81 bits per heavy atom. The van der Waals surface area contributed by atoms with Crippen LogP contribution >= 0.6 is 0 Å². The summed E-state index contributed by atoms with van der Waals surface area (Å²) in [5.41, 5.74) is 1.81. The van der Waals surface area contributed by atoms with Crippen LogP contribution in [0.4, 0.5) is 0 Å². The number of piperidine rings is 1.